The van der Waals surface area contributed by atoms with E-state index in [1.165, 1.54) is 0 Å². The van der Waals surface area contributed by atoms with Gasteiger partial charge in [0.1, 0.15) is 0 Å². The second-order valence-electron chi connectivity index (χ2n) is 6.11. The SMILES string of the molecule is O=[As]Oc1ccc(NC(=O)CCCC[C@@H]2SC[C@@H]3NC(=O)N[C@@H]32)cc1. The van der Waals surface area contributed by atoms with E-state index in [-0.39, 0.29) is 24.0 Å². The maximum absolute atomic E-state index is 12.0. The Morgan fingerprint density at radius 1 is 1.28 bits per heavy atom. The van der Waals surface area contributed by atoms with E-state index >= 15 is 0 Å². The number of hydrogen-bond donors (Lipinski definition) is 3. The van der Waals surface area contributed by atoms with Crippen molar-refractivity contribution in [2.45, 2.75) is 43.0 Å². The number of urea groups is 1. The van der Waals surface area contributed by atoms with Gasteiger partial charge in [-0.1, -0.05) is 0 Å². The minimum absolute atomic E-state index is 0.0170. The standard InChI is InChI=1S/C16H20AsN3O4S/c21-14(18-10-5-7-11(8-6-10)24-17-23)4-2-1-3-13-15-12(9-25-13)19-16(22)20-15/h5-8,12-13,15H,1-4,9H2,(H,18,21)(H2,19,20,22)/t12-,13-,15-/m0/s1. The molecule has 25 heavy (non-hydrogen) atoms. The number of rotatable bonds is 8. The minimum atomic E-state index is -1.36. The van der Waals surface area contributed by atoms with Crippen LogP contribution in [0.5, 0.6) is 5.75 Å². The first kappa shape index (κ1) is 18.3. The molecule has 0 spiro atoms. The number of anilines is 1. The van der Waals surface area contributed by atoms with Crippen LogP contribution in [-0.4, -0.2) is 51.1 Å². The van der Waals surface area contributed by atoms with Crippen LogP contribution in [0.4, 0.5) is 10.5 Å². The Labute approximate surface area is 157 Å². The third kappa shape index (κ3) is 4.98. The molecular weight excluding hydrogens is 405 g/mol. The summed E-state index contributed by atoms with van der Waals surface area (Å²) in [4.78, 5) is 23.3. The van der Waals surface area contributed by atoms with Crippen molar-refractivity contribution >= 4 is 45.4 Å². The Kier molecular flexibility index (Phi) is 6.37. The summed E-state index contributed by atoms with van der Waals surface area (Å²) in [7, 11) is 0. The van der Waals surface area contributed by atoms with Gasteiger partial charge in [0.25, 0.3) is 0 Å². The monoisotopic (exact) mass is 425 g/mol. The van der Waals surface area contributed by atoms with Crippen molar-refractivity contribution < 1.29 is 17.1 Å². The molecule has 2 saturated heterocycles. The molecule has 3 atom stereocenters. The van der Waals surface area contributed by atoms with Crippen molar-refractivity contribution in [1.82, 2.24) is 10.6 Å². The van der Waals surface area contributed by atoms with Crippen molar-refractivity contribution in [2.75, 3.05) is 11.1 Å². The van der Waals surface area contributed by atoms with Gasteiger partial charge in [0.15, 0.2) is 0 Å². The second-order valence-corrected chi connectivity index (χ2v) is 8.07. The fourth-order valence-corrected chi connectivity index (χ4v) is 5.12. The van der Waals surface area contributed by atoms with Gasteiger partial charge in [-0.3, -0.25) is 0 Å². The first-order valence-electron chi connectivity index (χ1n) is 8.24. The quantitative estimate of drug-likeness (QED) is 0.335. The predicted octanol–water partition coefficient (Wildman–Crippen LogP) is 1.69. The number of nitrogens with one attached hydrogen (secondary N) is 3. The molecule has 0 radical (unpaired) electrons. The van der Waals surface area contributed by atoms with Crippen molar-refractivity contribution in [3.05, 3.63) is 24.3 Å². The number of carbonyl (C=O) groups is 2. The molecule has 0 aromatic heterocycles. The molecular formula is C16H20AsN3O4S. The normalized spacial score (nSPS) is 24.5. The number of fused-ring (bicyclic) bond motifs is 1. The number of unbranched alkanes of at least 4 members (excludes halogenated alkanes) is 1. The third-order valence-electron chi connectivity index (χ3n) is 4.36. The molecule has 0 aliphatic carbocycles. The van der Waals surface area contributed by atoms with E-state index in [2.05, 4.69) is 16.0 Å². The van der Waals surface area contributed by atoms with E-state index in [1.807, 2.05) is 11.8 Å². The molecule has 2 aliphatic rings. The summed E-state index contributed by atoms with van der Waals surface area (Å²) in [6.45, 7) is 0. The van der Waals surface area contributed by atoms with E-state index in [1.54, 1.807) is 24.3 Å². The van der Waals surface area contributed by atoms with Gasteiger partial charge in [-0.05, 0) is 0 Å². The van der Waals surface area contributed by atoms with Crippen LogP contribution in [0.3, 0.4) is 0 Å². The number of hydrogen-bond acceptors (Lipinski definition) is 5. The van der Waals surface area contributed by atoms with Crippen molar-refractivity contribution in [2.24, 2.45) is 0 Å². The van der Waals surface area contributed by atoms with E-state index in [0.29, 0.717) is 23.1 Å². The molecule has 0 unspecified atom stereocenters. The molecule has 9 heteroatoms. The molecule has 7 nitrogen and oxygen atoms in total. The summed E-state index contributed by atoms with van der Waals surface area (Å²) in [5.41, 5.74) is 0.702. The zero-order chi connectivity index (χ0) is 17.6. The molecule has 2 fully saturated rings. The summed E-state index contributed by atoms with van der Waals surface area (Å²) in [6.07, 6.45) is 3.26. The van der Waals surface area contributed by atoms with Gasteiger partial charge in [-0.15, -0.1) is 0 Å². The van der Waals surface area contributed by atoms with Crippen molar-refractivity contribution in [3.63, 3.8) is 0 Å². The Morgan fingerprint density at radius 3 is 2.84 bits per heavy atom. The van der Waals surface area contributed by atoms with Gasteiger partial charge in [-0.2, -0.15) is 11.8 Å². The van der Waals surface area contributed by atoms with E-state index < -0.39 is 16.0 Å². The predicted molar refractivity (Wildman–Crippen MR) is 96.1 cm³/mol. The summed E-state index contributed by atoms with van der Waals surface area (Å²) < 4.78 is 15.4. The van der Waals surface area contributed by atoms with Gasteiger partial charge in [0.2, 0.25) is 0 Å². The molecule has 1 aromatic carbocycles. The van der Waals surface area contributed by atoms with Crippen LogP contribution in [-0.2, 0) is 8.53 Å². The van der Waals surface area contributed by atoms with Gasteiger partial charge in [0, 0.05) is 5.75 Å². The zero-order valence-electron chi connectivity index (χ0n) is 13.6. The van der Waals surface area contributed by atoms with Crippen LogP contribution in [0.25, 0.3) is 0 Å². The fourth-order valence-electron chi connectivity index (χ4n) is 3.14. The number of carbonyl (C=O) groups excluding carboxylic acids is 2. The van der Waals surface area contributed by atoms with Gasteiger partial charge >= 0.3 is 112 Å². The summed E-state index contributed by atoms with van der Waals surface area (Å²) in [5, 5.41) is 9.20. The molecule has 3 amide bonds. The van der Waals surface area contributed by atoms with Crippen LogP contribution in [0, 0.1) is 0 Å². The van der Waals surface area contributed by atoms with E-state index in [4.69, 9.17) is 3.73 Å². The molecule has 3 rings (SSSR count). The summed E-state index contributed by atoms with van der Waals surface area (Å²) in [5.74, 6) is 1.48. The topological polar surface area (TPSA) is 96.5 Å². The summed E-state index contributed by atoms with van der Waals surface area (Å²) in [6, 6.07) is 7.24. The van der Waals surface area contributed by atoms with E-state index in [0.717, 1.165) is 25.0 Å². The van der Waals surface area contributed by atoms with Crippen molar-refractivity contribution in [1.29, 1.82) is 0 Å². The zero-order valence-corrected chi connectivity index (χ0v) is 16.3. The Bertz CT molecular complexity index is 643. The Hall–Kier alpha value is -1.53. The van der Waals surface area contributed by atoms with Gasteiger partial charge < -0.3 is 10.6 Å². The summed E-state index contributed by atoms with van der Waals surface area (Å²) >= 11 is 0.536. The average molecular weight is 425 g/mol. The molecule has 1 aromatic rings. The maximum atomic E-state index is 12.0. The van der Waals surface area contributed by atoms with Gasteiger partial charge in [-0.25, -0.2) is 4.79 Å². The van der Waals surface area contributed by atoms with E-state index in [9.17, 15) is 13.3 Å². The van der Waals surface area contributed by atoms with Crippen LogP contribution >= 0.6 is 11.8 Å². The fraction of sp³-hybridized carbons (Fsp3) is 0.500. The number of benzene rings is 1. The molecule has 3 N–H and O–H groups in total. The molecule has 2 heterocycles. The second kappa shape index (κ2) is 8.72. The Balaban J connectivity index is 1.34. The first-order chi connectivity index (χ1) is 12.2. The van der Waals surface area contributed by atoms with Crippen LogP contribution in [0.1, 0.15) is 25.7 Å². The molecule has 2 aliphatic heterocycles. The number of thioether (sulfide) groups is 1. The number of amides is 3. The van der Waals surface area contributed by atoms with Crippen LogP contribution < -0.4 is 19.7 Å². The van der Waals surface area contributed by atoms with Crippen LogP contribution in [0.2, 0.25) is 0 Å². The Morgan fingerprint density at radius 2 is 2.08 bits per heavy atom. The molecule has 0 saturated carbocycles. The molecule has 134 valence electrons. The average Bonchev–Trinajstić information content (AvgIpc) is 3.13. The third-order valence-corrected chi connectivity index (χ3v) is 6.47. The molecule has 0 bridgehead atoms. The van der Waals surface area contributed by atoms with Crippen molar-refractivity contribution in [3.8, 4) is 5.75 Å². The van der Waals surface area contributed by atoms with Gasteiger partial charge in [0.05, 0.1) is 12.1 Å². The first-order valence-corrected chi connectivity index (χ1v) is 10.8. The van der Waals surface area contributed by atoms with Crippen LogP contribution in [0.15, 0.2) is 24.3 Å².